The van der Waals surface area contributed by atoms with E-state index in [1.54, 1.807) is 11.1 Å². The molecule has 1 atom stereocenters. The fraction of sp³-hybridized carbons (Fsp3) is 0.227. The Morgan fingerprint density at radius 2 is 1.96 bits per heavy atom. The van der Waals surface area contributed by atoms with E-state index >= 15 is 0 Å². The zero-order valence-corrected chi connectivity index (χ0v) is 15.3. The number of rotatable bonds is 4. The van der Waals surface area contributed by atoms with Crippen molar-refractivity contribution in [1.29, 1.82) is 0 Å². The lowest BCUT2D eigenvalue weighted by Gasteiger charge is -2.24. The van der Waals surface area contributed by atoms with Crippen molar-refractivity contribution in [3.8, 4) is 11.1 Å². The summed E-state index contributed by atoms with van der Waals surface area (Å²) in [7, 11) is 1.35. The highest BCUT2D eigenvalue weighted by molar-refractivity contribution is 6.01. The lowest BCUT2D eigenvalue weighted by Crippen LogP contribution is -2.41. The van der Waals surface area contributed by atoms with Gasteiger partial charge in [0.15, 0.2) is 0 Å². The van der Waals surface area contributed by atoms with E-state index in [9.17, 15) is 9.59 Å². The molecular formula is C22H20N2O3. The zero-order valence-electron chi connectivity index (χ0n) is 15.3. The molecular weight excluding hydrogens is 340 g/mol. The molecule has 0 spiro atoms. The Hall–Kier alpha value is -3.21. The maximum Gasteiger partial charge on any atom is 0.328 e. The molecule has 1 aliphatic rings. The van der Waals surface area contributed by atoms with Gasteiger partial charge in [-0.15, -0.1) is 0 Å². The third-order valence-corrected chi connectivity index (χ3v) is 5.11. The van der Waals surface area contributed by atoms with Gasteiger partial charge in [0, 0.05) is 23.7 Å². The van der Waals surface area contributed by atoms with E-state index < -0.39 is 6.04 Å². The molecule has 1 aromatic heterocycles. The second kappa shape index (κ2) is 6.83. The highest BCUT2D eigenvalue weighted by Gasteiger charge is 2.36. The Morgan fingerprint density at radius 3 is 2.74 bits per heavy atom. The summed E-state index contributed by atoms with van der Waals surface area (Å²) in [5, 5.41) is 1.06. The topological polar surface area (TPSA) is 59.5 Å². The average Bonchev–Trinajstić information content (AvgIpc) is 3.04. The van der Waals surface area contributed by atoms with Gasteiger partial charge in [-0.2, -0.15) is 0 Å². The Kier molecular flexibility index (Phi) is 4.36. The number of carbonyl (C=O) groups excluding carboxylic acids is 2. The van der Waals surface area contributed by atoms with Crippen LogP contribution < -0.4 is 0 Å². The van der Waals surface area contributed by atoms with Crippen molar-refractivity contribution < 1.29 is 14.3 Å². The number of nitrogens with zero attached hydrogens (tertiary/aromatic N) is 2. The van der Waals surface area contributed by atoms with Gasteiger partial charge in [0.05, 0.1) is 12.6 Å². The lowest BCUT2D eigenvalue weighted by molar-refractivity contribution is -0.146. The number of pyridine rings is 1. The summed E-state index contributed by atoms with van der Waals surface area (Å²) in [6.45, 7) is 2.32. The fourth-order valence-electron chi connectivity index (χ4n) is 3.66. The number of fused-ring (bicyclic) bond motifs is 2. The zero-order chi connectivity index (χ0) is 19.0. The molecule has 4 rings (SSSR count). The van der Waals surface area contributed by atoms with Crippen molar-refractivity contribution in [1.82, 2.24) is 9.88 Å². The molecule has 0 saturated heterocycles. The van der Waals surface area contributed by atoms with Gasteiger partial charge < -0.3 is 9.64 Å². The quantitative estimate of drug-likeness (QED) is 0.664. The summed E-state index contributed by atoms with van der Waals surface area (Å²) >= 11 is 0. The van der Waals surface area contributed by atoms with Gasteiger partial charge in [-0.1, -0.05) is 31.2 Å². The number of amides is 1. The molecule has 2 aromatic carbocycles. The summed E-state index contributed by atoms with van der Waals surface area (Å²) in [5.74, 6) is -0.493. The molecule has 136 valence electrons. The normalized spacial score (nSPS) is 14.3. The summed E-state index contributed by atoms with van der Waals surface area (Å²) < 4.78 is 4.86. The van der Waals surface area contributed by atoms with Crippen molar-refractivity contribution in [2.45, 2.75) is 25.9 Å². The van der Waals surface area contributed by atoms with Crippen LogP contribution in [0.4, 0.5) is 0 Å². The minimum Gasteiger partial charge on any atom is -0.467 e. The molecule has 0 saturated carbocycles. The van der Waals surface area contributed by atoms with Gasteiger partial charge in [0.1, 0.15) is 6.04 Å². The SMILES string of the molecule is CCC(C(=O)OC)N1Cc2ccc(-c3ccc4ncccc4c3)cc2C1=O. The molecule has 5 nitrogen and oxygen atoms in total. The maximum absolute atomic E-state index is 12.9. The van der Waals surface area contributed by atoms with Crippen LogP contribution in [-0.2, 0) is 16.1 Å². The van der Waals surface area contributed by atoms with Crippen LogP contribution >= 0.6 is 0 Å². The molecule has 27 heavy (non-hydrogen) atoms. The summed E-state index contributed by atoms with van der Waals surface area (Å²) in [5.41, 5.74) is 4.54. The third-order valence-electron chi connectivity index (χ3n) is 5.11. The Morgan fingerprint density at radius 1 is 1.19 bits per heavy atom. The van der Waals surface area contributed by atoms with E-state index in [4.69, 9.17) is 4.74 Å². The van der Waals surface area contributed by atoms with Crippen LogP contribution in [0, 0.1) is 0 Å². The minimum absolute atomic E-state index is 0.119. The van der Waals surface area contributed by atoms with Crippen LogP contribution in [0.5, 0.6) is 0 Å². The van der Waals surface area contributed by atoms with Crippen molar-refractivity contribution in [3.63, 3.8) is 0 Å². The van der Waals surface area contributed by atoms with Crippen LogP contribution in [0.2, 0.25) is 0 Å². The number of benzene rings is 2. The monoisotopic (exact) mass is 360 g/mol. The fourth-order valence-corrected chi connectivity index (χ4v) is 3.66. The van der Waals surface area contributed by atoms with E-state index in [0.717, 1.165) is 27.6 Å². The number of ether oxygens (including phenoxy) is 1. The Bertz CT molecular complexity index is 1040. The van der Waals surface area contributed by atoms with E-state index in [0.29, 0.717) is 18.5 Å². The lowest BCUT2D eigenvalue weighted by atomic mass is 9.99. The minimum atomic E-state index is -0.551. The molecule has 5 heteroatoms. The number of hydrogen-bond acceptors (Lipinski definition) is 4. The highest BCUT2D eigenvalue weighted by Crippen LogP contribution is 2.31. The number of carbonyl (C=O) groups is 2. The van der Waals surface area contributed by atoms with E-state index in [1.165, 1.54) is 7.11 Å². The molecule has 3 aromatic rings. The number of esters is 1. The van der Waals surface area contributed by atoms with Gasteiger partial charge in [0.2, 0.25) is 0 Å². The van der Waals surface area contributed by atoms with Crippen LogP contribution in [0.1, 0.15) is 29.3 Å². The van der Waals surface area contributed by atoms with Crippen molar-refractivity contribution in [3.05, 3.63) is 65.9 Å². The van der Waals surface area contributed by atoms with Crippen molar-refractivity contribution in [2.24, 2.45) is 0 Å². The Labute approximate surface area is 157 Å². The van der Waals surface area contributed by atoms with Crippen LogP contribution in [0.25, 0.3) is 22.0 Å². The summed E-state index contributed by atoms with van der Waals surface area (Å²) in [6, 6.07) is 15.4. The largest absolute Gasteiger partial charge is 0.467 e. The molecule has 0 fully saturated rings. The van der Waals surface area contributed by atoms with Crippen LogP contribution in [0.3, 0.4) is 0 Å². The number of aromatic nitrogens is 1. The first-order chi connectivity index (χ1) is 13.1. The average molecular weight is 360 g/mol. The first-order valence-corrected chi connectivity index (χ1v) is 8.99. The molecule has 0 N–H and O–H groups in total. The van der Waals surface area contributed by atoms with E-state index in [-0.39, 0.29) is 11.9 Å². The standard InChI is InChI=1S/C22H20N2O3/c1-3-20(22(26)27-2)24-13-17-7-6-15(12-18(17)21(24)25)14-8-9-19-16(11-14)5-4-10-23-19/h4-12,20H,3,13H2,1-2H3. The van der Waals surface area contributed by atoms with Gasteiger partial charge in [-0.3, -0.25) is 9.78 Å². The second-order valence-electron chi connectivity index (χ2n) is 6.66. The van der Waals surface area contributed by atoms with E-state index in [1.807, 2.05) is 49.4 Å². The van der Waals surface area contributed by atoms with Gasteiger partial charge in [0.25, 0.3) is 5.91 Å². The van der Waals surface area contributed by atoms with Crippen molar-refractivity contribution >= 4 is 22.8 Å². The summed E-state index contributed by atoms with van der Waals surface area (Å²) in [6.07, 6.45) is 2.30. The maximum atomic E-state index is 12.9. The molecule has 2 heterocycles. The molecule has 1 aliphatic heterocycles. The third kappa shape index (κ3) is 2.95. The number of hydrogen-bond donors (Lipinski definition) is 0. The molecule has 1 unspecified atom stereocenters. The molecule has 0 radical (unpaired) electrons. The van der Waals surface area contributed by atoms with Gasteiger partial charge >= 0.3 is 5.97 Å². The second-order valence-corrected chi connectivity index (χ2v) is 6.66. The van der Waals surface area contributed by atoms with E-state index in [2.05, 4.69) is 11.1 Å². The summed E-state index contributed by atoms with van der Waals surface area (Å²) in [4.78, 5) is 30.9. The molecule has 1 amide bonds. The predicted molar refractivity (Wildman–Crippen MR) is 103 cm³/mol. The molecule has 0 bridgehead atoms. The van der Waals surface area contributed by atoms with Gasteiger partial charge in [-0.25, -0.2) is 4.79 Å². The smallest absolute Gasteiger partial charge is 0.328 e. The Balaban J connectivity index is 1.69. The highest BCUT2D eigenvalue weighted by atomic mass is 16.5. The van der Waals surface area contributed by atoms with Crippen LogP contribution in [-0.4, -0.2) is 34.9 Å². The molecule has 0 aliphatic carbocycles. The van der Waals surface area contributed by atoms with Gasteiger partial charge in [-0.05, 0) is 47.4 Å². The first-order valence-electron chi connectivity index (χ1n) is 8.99. The van der Waals surface area contributed by atoms with Crippen molar-refractivity contribution in [2.75, 3.05) is 7.11 Å². The number of methoxy groups -OCH3 is 1. The first kappa shape index (κ1) is 17.2. The predicted octanol–water partition coefficient (Wildman–Crippen LogP) is 3.81. The van der Waals surface area contributed by atoms with Crippen LogP contribution in [0.15, 0.2) is 54.7 Å².